The van der Waals surface area contributed by atoms with Gasteiger partial charge < -0.3 is 9.84 Å². The van der Waals surface area contributed by atoms with Gasteiger partial charge in [0.25, 0.3) is 5.91 Å². The molecule has 1 N–H and O–H groups in total. The largest absolute Gasteiger partial charge is 0.494 e. The van der Waals surface area contributed by atoms with Gasteiger partial charge >= 0.3 is 5.97 Å². The third-order valence-corrected chi connectivity index (χ3v) is 6.93. The summed E-state index contributed by atoms with van der Waals surface area (Å²) < 4.78 is 6.09. The van der Waals surface area contributed by atoms with E-state index in [0.717, 1.165) is 29.5 Å². The normalized spacial score (nSPS) is 16.2. The highest BCUT2D eigenvalue weighted by Crippen LogP contribution is 2.35. The van der Waals surface area contributed by atoms with Crippen LogP contribution in [0.4, 0.5) is 0 Å². The number of rotatable bonds is 14. The molecule has 31 heavy (non-hydrogen) atoms. The summed E-state index contributed by atoms with van der Waals surface area (Å²) in [5.41, 5.74) is 0.850. The Bertz CT molecular complexity index is 780. The molecule has 5 nitrogen and oxygen atoms in total. The van der Waals surface area contributed by atoms with Gasteiger partial charge in [-0.15, -0.1) is 0 Å². The van der Waals surface area contributed by atoms with E-state index < -0.39 is 12.0 Å². The van der Waals surface area contributed by atoms with E-state index in [4.69, 9.17) is 17.0 Å². The van der Waals surface area contributed by atoms with E-state index in [1.807, 2.05) is 30.5 Å². The Balaban J connectivity index is 1.92. The second kappa shape index (κ2) is 13.8. The van der Waals surface area contributed by atoms with E-state index >= 15 is 0 Å². The lowest BCUT2D eigenvalue weighted by molar-refractivity contribution is -0.145. The first-order chi connectivity index (χ1) is 15.0. The van der Waals surface area contributed by atoms with Crippen molar-refractivity contribution >= 4 is 58.0 Å². The highest BCUT2D eigenvalue weighted by molar-refractivity contribution is 8.26. The zero-order valence-electron chi connectivity index (χ0n) is 18.2. The number of aliphatic carboxylic acids is 1. The minimum absolute atomic E-state index is 0.295. The molecule has 0 spiro atoms. The second-order valence-electron chi connectivity index (χ2n) is 7.37. The Morgan fingerprint density at radius 1 is 1.23 bits per heavy atom. The molecule has 0 bridgehead atoms. The lowest BCUT2D eigenvalue weighted by Crippen LogP contribution is -2.44. The van der Waals surface area contributed by atoms with Crippen LogP contribution in [-0.4, -0.2) is 50.9 Å². The lowest BCUT2D eigenvalue weighted by atomic mass is 10.1. The van der Waals surface area contributed by atoms with E-state index in [0.29, 0.717) is 28.0 Å². The number of nitrogens with zero attached hydrogens (tertiary/aromatic N) is 1. The number of carboxylic acids is 1. The van der Waals surface area contributed by atoms with Crippen LogP contribution in [0.1, 0.15) is 57.4 Å². The smallest absolute Gasteiger partial charge is 0.326 e. The highest BCUT2D eigenvalue weighted by Gasteiger charge is 2.40. The van der Waals surface area contributed by atoms with Crippen LogP contribution in [0.3, 0.4) is 0 Å². The molecule has 1 saturated heterocycles. The number of hydrogen-bond donors (Lipinski definition) is 1. The maximum absolute atomic E-state index is 12.8. The molecule has 1 heterocycles. The van der Waals surface area contributed by atoms with Crippen molar-refractivity contribution in [3.8, 4) is 5.75 Å². The van der Waals surface area contributed by atoms with Crippen molar-refractivity contribution in [3.05, 3.63) is 34.7 Å². The van der Waals surface area contributed by atoms with Crippen LogP contribution in [0.2, 0.25) is 0 Å². The molecule has 8 heteroatoms. The van der Waals surface area contributed by atoms with E-state index in [9.17, 15) is 14.7 Å². The van der Waals surface area contributed by atoms with Gasteiger partial charge in [-0.2, -0.15) is 11.8 Å². The number of hydrogen-bond acceptors (Lipinski definition) is 6. The maximum Gasteiger partial charge on any atom is 0.326 e. The Kier molecular flexibility index (Phi) is 11.5. The predicted molar refractivity (Wildman–Crippen MR) is 135 cm³/mol. The molecule has 0 saturated carbocycles. The number of amides is 1. The Hall–Kier alpha value is -1.51. The third kappa shape index (κ3) is 8.16. The van der Waals surface area contributed by atoms with Crippen LogP contribution >= 0.6 is 35.7 Å². The number of carbonyl (C=O) groups is 2. The second-order valence-corrected chi connectivity index (χ2v) is 10.0. The quantitative estimate of drug-likeness (QED) is 0.204. The number of benzene rings is 1. The van der Waals surface area contributed by atoms with Gasteiger partial charge in [-0.25, -0.2) is 4.79 Å². The zero-order chi connectivity index (χ0) is 22.6. The van der Waals surface area contributed by atoms with Crippen LogP contribution in [0.15, 0.2) is 29.2 Å². The van der Waals surface area contributed by atoms with Crippen molar-refractivity contribution in [1.82, 2.24) is 4.90 Å². The van der Waals surface area contributed by atoms with Crippen molar-refractivity contribution in [2.75, 3.05) is 18.6 Å². The molecular formula is C23H31NO4S3. The first kappa shape index (κ1) is 25.7. The van der Waals surface area contributed by atoms with Crippen molar-refractivity contribution in [1.29, 1.82) is 0 Å². The van der Waals surface area contributed by atoms with Gasteiger partial charge in [0, 0.05) is 0 Å². The van der Waals surface area contributed by atoms with E-state index in [-0.39, 0.29) is 5.91 Å². The molecule has 1 unspecified atom stereocenters. The molecule has 1 aliphatic rings. The predicted octanol–water partition coefficient (Wildman–Crippen LogP) is 5.83. The van der Waals surface area contributed by atoms with Crippen LogP contribution in [0.5, 0.6) is 5.75 Å². The summed E-state index contributed by atoms with van der Waals surface area (Å²) >= 11 is 8.01. The summed E-state index contributed by atoms with van der Waals surface area (Å²) in [6.07, 6.45) is 11.4. The molecular weight excluding hydrogens is 450 g/mol. The third-order valence-electron chi connectivity index (χ3n) is 4.96. The molecule has 1 fully saturated rings. The zero-order valence-corrected chi connectivity index (χ0v) is 20.6. The standard InChI is InChI=1S/C23H31NO4S3/c1-3-4-5-6-7-8-14-28-18-11-9-17(10-12-18)16-20-21(25)24(23(29)31-20)19(22(26)27)13-15-30-2/h9-12,16,19H,3-8,13-15H2,1-2H3,(H,26,27)/b20-16-. The van der Waals surface area contributed by atoms with E-state index in [2.05, 4.69) is 6.92 Å². The Morgan fingerprint density at radius 3 is 2.55 bits per heavy atom. The first-order valence-electron chi connectivity index (χ1n) is 10.7. The van der Waals surface area contributed by atoms with Crippen molar-refractivity contribution in [2.45, 2.75) is 57.9 Å². The SMILES string of the molecule is CCCCCCCCOc1ccc(/C=C2\SC(=S)N(C(CCSC)C(=O)O)C2=O)cc1. The Morgan fingerprint density at radius 2 is 1.90 bits per heavy atom. The van der Waals surface area contributed by atoms with Gasteiger partial charge in [0.1, 0.15) is 16.1 Å². The summed E-state index contributed by atoms with van der Waals surface area (Å²) in [5, 5.41) is 9.54. The van der Waals surface area contributed by atoms with Gasteiger partial charge in [0.2, 0.25) is 0 Å². The molecule has 2 rings (SSSR count). The first-order valence-corrected chi connectivity index (χ1v) is 13.3. The Labute approximate surface area is 199 Å². The van der Waals surface area contributed by atoms with Crippen molar-refractivity contribution in [2.24, 2.45) is 0 Å². The average molecular weight is 482 g/mol. The van der Waals surface area contributed by atoms with E-state index in [1.165, 1.54) is 37.0 Å². The molecule has 1 aromatic rings. The molecule has 170 valence electrons. The van der Waals surface area contributed by atoms with Gasteiger partial charge in [-0.1, -0.05) is 75.1 Å². The number of carboxylic acid groups (broad SMARTS) is 1. The molecule has 0 aromatic heterocycles. The van der Waals surface area contributed by atoms with Gasteiger partial charge in [0.15, 0.2) is 0 Å². The number of thioether (sulfide) groups is 2. The summed E-state index contributed by atoms with van der Waals surface area (Å²) in [7, 11) is 0. The van der Waals surface area contributed by atoms with Crippen molar-refractivity contribution < 1.29 is 19.4 Å². The average Bonchev–Trinajstić information content (AvgIpc) is 3.02. The fourth-order valence-corrected chi connectivity index (χ4v) is 5.04. The number of ether oxygens (including phenoxy) is 1. The molecule has 1 aliphatic heterocycles. The molecule has 1 amide bonds. The summed E-state index contributed by atoms with van der Waals surface area (Å²) in [4.78, 5) is 26.2. The lowest BCUT2D eigenvalue weighted by Gasteiger charge is -2.22. The number of thiocarbonyl (C=S) groups is 1. The fourth-order valence-electron chi connectivity index (χ4n) is 3.23. The van der Waals surface area contributed by atoms with Crippen LogP contribution in [-0.2, 0) is 9.59 Å². The van der Waals surface area contributed by atoms with Gasteiger partial charge in [-0.05, 0) is 48.6 Å². The maximum atomic E-state index is 12.8. The van der Waals surface area contributed by atoms with E-state index in [1.54, 1.807) is 17.8 Å². The topological polar surface area (TPSA) is 66.8 Å². The van der Waals surface area contributed by atoms with Crippen LogP contribution in [0, 0.1) is 0 Å². The molecule has 0 aliphatic carbocycles. The minimum Gasteiger partial charge on any atom is -0.494 e. The fraction of sp³-hybridized carbons (Fsp3) is 0.522. The van der Waals surface area contributed by atoms with Crippen molar-refractivity contribution in [3.63, 3.8) is 0 Å². The van der Waals surface area contributed by atoms with Gasteiger partial charge in [-0.3, -0.25) is 9.69 Å². The highest BCUT2D eigenvalue weighted by atomic mass is 32.2. The number of unbranched alkanes of at least 4 members (excludes halogenated alkanes) is 5. The number of carbonyl (C=O) groups excluding carboxylic acids is 1. The molecule has 0 radical (unpaired) electrons. The van der Waals surface area contributed by atoms with Gasteiger partial charge in [0.05, 0.1) is 11.5 Å². The molecule has 1 aromatic carbocycles. The monoisotopic (exact) mass is 481 g/mol. The summed E-state index contributed by atoms with van der Waals surface area (Å²) in [6, 6.07) is 6.64. The van der Waals surface area contributed by atoms with Crippen LogP contribution in [0.25, 0.3) is 6.08 Å². The summed E-state index contributed by atoms with van der Waals surface area (Å²) in [5.74, 6) is 0.0828. The molecule has 1 atom stereocenters. The van der Waals surface area contributed by atoms with Crippen LogP contribution < -0.4 is 4.74 Å². The summed E-state index contributed by atoms with van der Waals surface area (Å²) in [6.45, 7) is 2.92. The minimum atomic E-state index is -1.03.